The molecular weight excluding hydrogens is 373 g/mol. The standard InChI is InChI=1S/C16H14BrF3N2O/c1-22(2)12-5-3-4-10(8-12)15(23)21-11-6-7-14(17)13(9-11)16(18,19)20/h3-9H,1-2H3,(H,21,23). The zero-order valence-corrected chi connectivity index (χ0v) is 14.0. The van der Waals surface area contributed by atoms with Gasteiger partial charge in [0.15, 0.2) is 0 Å². The SMILES string of the molecule is CN(C)c1cccc(C(=O)Nc2ccc(Br)c(C(F)(F)F)c2)c1. The third kappa shape index (κ3) is 4.25. The van der Waals surface area contributed by atoms with Crippen LogP contribution in [0.25, 0.3) is 0 Å². The molecule has 0 radical (unpaired) electrons. The Morgan fingerprint density at radius 1 is 1.13 bits per heavy atom. The predicted molar refractivity (Wildman–Crippen MR) is 87.9 cm³/mol. The van der Waals surface area contributed by atoms with Crippen molar-refractivity contribution in [2.45, 2.75) is 6.18 Å². The lowest BCUT2D eigenvalue weighted by molar-refractivity contribution is -0.138. The van der Waals surface area contributed by atoms with Gasteiger partial charge in [-0.15, -0.1) is 0 Å². The van der Waals surface area contributed by atoms with Gasteiger partial charge in [-0.25, -0.2) is 0 Å². The van der Waals surface area contributed by atoms with Crippen molar-refractivity contribution in [3.8, 4) is 0 Å². The van der Waals surface area contributed by atoms with Gasteiger partial charge < -0.3 is 10.2 Å². The Labute approximate surface area is 140 Å². The first-order valence-corrected chi connectivity index (χ1v) is 7.43. The van der Waals surface area contributed by atoms with Crippen LogP contribution >= 0.6 is 15.9 Å². The summed E-state index contributed by atoms with van der Waals surface area (Å²) >= 11 is 2.86. The van der Waals surface area contributed by atoms with Crippen molar-refractivity contribution in [2.24, 2.45) is 0 Å². The predicted octanol–water partition coefficient (Wildman–Crippen LogP) is 4.79. The lowest BCUT2D eigenvalue weighted by atomic mass is 10.1. The molecule has 0 fully saturated rings. The van der Waals surface area contributed by atoms with E-state index in [2.05, 4.69) is 21.2 Å². The lowest BCUT2D eigenvalue weighted by Gasteiger charge is -2.14. The van der Waals surface area contributed by atoms with Crippen molar-refractivity contribution in [1.29, 1.82) is 0 Å². The van der Waals surface area contributed by atoms with Crippen LogP contribution in [0.15, 0.2) is 46.9 Å². The number of alkyl halides is 3. The maximum Gasteiger partial charge on any atom is 0.417 e. The second kappa shape index (κ2) is 6.62. The molecule has 2 aromatic rings. The summed E-state index contributed by atoms with van der Waals surface area (Å²) in [5.74, 6) is -0.468. The van der Waals surface area contributed by atoms with E-state index in [-0.39, 0.29) is 10.2 Å². The van der Waals surface area contributed by atoms with Crippen molar-refractivity contribution in [3.63, 3.8) is 0 Å². The number of amides is 1. The van der Waals surface area contributed by atoms with Gasteiger partial charge in [0, 0.05) is 35.5 Å². The first-order valence-electron chi connectivity index (χ1n) is 6.64. The first kappa shape index (κ1) is 17.3. The minimum Gasteiger partial charge on any atom is -0.378 e. The van der Waals surface area contributed by atoms with Crippen molar-refractivity contribution in [2.75, 3.05) is 24.3 Å². The van der Waals surface area contributed by atoms with Gasteiger partial charge in [-0.3, -0.25) is 4.79 Å². The number of carbonyl (C=O) groups is 1. The molecule has 1 amide bonds. The average molecular weight is 387 g/mol. The van der Waals surface area contributed by atoms with Gasteiger partial charge in [-0.2, -0.15) is 13.2 Å². The third-order valence-electron chi connectivity index (χ3n) is 3.15. The molecule has 0 aliphatic rings. The summed E-state index contributed by atoms with van der Waals surface area (Å²) in [6, 6.07) is 10.4. The van der Waals surface area contributed by atoms with Gasteiger partial charge in [0.2, 0.25) is 0 Å². The van der Waals surface area contributed by atoms with Crippen LogP contribution in [-0.2, 0) is 6.18 Å². The summed E-state index contributed by atoms with van der Waals surface area (Å²) in [5.41, 5.74) is 0.440. The number of hydrogen-bond acceptors (Lipinski definition) is 2. The van der Waals surface area contributed by atoms with Gasteiger partial charge >= 0.3 is 6.18 Å². The van der Waals surface area contributed by atoms with E-state index in [0.29, 0.717) is 5.56 Å². The number of carbonyl (C=O) groups excluding carboxylic acids is 1. The summed E-state index contributed by atoms with van der Waals surface area (Å²) in [7, 11) is 3.67. The summed E-state index contributed by atoms with van der Waals surface area (Å²) in [5, 5.41) is 2.49. The minimum absolute atomic E-state index is 0.0717. The molecule has 0 aliphatic heterocycles. The number of anilines is 2. The summed E-state index contributed by atoms with van der Waals surface area (Å²) < 4.78 is 38.6. The van der Waals surface area contributed by atoms with E-state index in [1.54, 1.807) is 18.2 Å². The normalized spacial score (nSPS) is 11.2. The minimum atomic E-state index is -4.50. The molecule has 1 N–H and O–H groups in total. The molecule has 7 heteroatoms. The van der Waals surface area contributed by atoms with Gasteiger partial charge in [-0.1, -0.05) is 22.0 Å². The van der Waals surface area contributed by atoms with Crippen LogP contribution in [-0.4, -0.2) is 20.0 Å². The molecule has 0 unspecified atom stereocenters. The molecule has 23 heavy (non-hydrogen) atoms. The van der Waals surface area contributed by atoms with Crippen molar-refractivity contribution in [1.82, 2.24) is 0 Å². The Bertz CT molecular complexity index is 730. The highest BCUT2D eigenvalue weighted by Crippen LogP contribution is 2.36. The van der Waals surface area contributed by atoms with Crippen molar-refractivity contribution < 1.29 is 18.0 Å². The highest BCUT2D eigenvalue weighted by Gasteiger charge is 2.33. The van der Waals surface area contributed by atoms with Crippen LogP contribution in [0.2, 0.25) is 0 Å². The first-order chi connectivity index (χ1) is 10.7. The van der Waals surface area contributed by atoms with Gasteiger partial charge in [0.1, 0.15) is 0 Å². The van der Waals surface area contributed by atoms with Gasteiger partial charge in [-0.05, 0) is 36.4 Å². The fourth-order valence-electron chi connectivity index (χ4n) is 1.95. The Balaban J connectivity index is 2.26. The van der Waals surface area contributed by atoms with Crippen LogP contribution in [0, 0.1) is 0 Å². The lowest BCUT2D eigenvalue weighted by Crippen LogP contribution is -2.15. The maximum atomic E-state index is 12.9. The number of halogens is 4. The van der Waals surface area contributed by atoms with E-state index < -0.39 is 17.6 Å². The molecule has 0 saturated carbocycles. The molecule has 3 nitrogen and oxygen atoms in total. The molecule has 0 saturated heterocycles. The van der Waals surface area contributed by atoms with Crippen molar-refractivity contribution in [3.05, 3.63) is 58.1 Å². The van der Waals surface area contributed by atoms with Crippen LogP contribution in [0.5, 0.6) is 0 Å². The van der Waals surface area contributed by atoms with Gasteiger partial charge in [0.25, 0.3) is 5.91 Å². The molecule has 122 valence electrons. The smallest absolute Gasteiger partial charge is 0.378 e. The monoisotopic (exact) mass is 386 g/mol. The van der Waals surface area contributed by atoms with E-state index in [1.807, 2.05) is 25.1 Å². The van der Waals surface area contributed by atoms with Crippen LogP contribution in [0.1, 0.15) is 15.9 Å². The zero-order chi connectivity index (χ0) is 17.2. The molecule has 0 aromatic heterocycles. The van der Waals surface area contributed by atoms with E-state index in [9.17, 15) is 18.0 Å². The topological polar surface area (TPSA) is 32.3 Å². The van der Waals surface area contributed by atoms with Crippen LogP contribution in [0.3, 0.4) is 0 Å². The zero-order valence-electron chi connectivity index (χ0n) is 12.4. The highest BCUT2D eigenvalue weighted by molar-refractivity contribution is 9.10. The Kier molecular flexibility index (Phi) is 4.99. The molecule has 0 atom stereocenters. The third-order valence-corrected chi connectivity index (χ3v) is 3.85. The Hall–Kier alpha value is -2.02. The quantitative estimate of drug-likeness (QED) is 0.822. The summed E-state index contributed by atoms with van der Waals surface area (Å²) in [6.07, 6.45) is -4.50. The van der Waals surface area contributed by atoms with Crippen molar-refractivity contribution >= 4 is 33.2 Å². The Morgan fingerprint density at radius 3 is 2.43 bits per heavy atom. The number of nitrogens with one attached hydrogen (secondary N) is 1. The fourth-order valence-corrected chi connectivity index (χ4v) is 2.42. The highest BCUT2D eigenvalue weighted by atomic mass is 79.9. The van der Waals surface area contributed by atoms with Crippen LogP contribution < -0.4 is 10.2 Å². The number of rotatable bonds is 3. The average Bonchev–Trinajstić information content (AvgIpc) is 2.48. The summed E-state index contributed by atoms with van der Waals surface area (Å²) in [4.78, 5) is 14.0. The number of nitrogens with zero attached hydrogens (tertiary/aromatic N) is 1. The fraction of sp³-hybridized carbons (Fsp3) is 0.188. The van der Waals surface area contributed by atoms with E-state index in [4.69, 9.17) is 0 Å². The maximum absolute atomic E-state index is 12.9. The second-order valence-corrected chi connectivity index (χ2v) is 5.95. The van der Waals surface area contributed by atoms with E-state index >= 15 is 0 Å². The van der Waals surface area contributed by atoms with Crippen LogP contribution in [0.4, 0.5) is 24.5 Å². The second-order valence-electron chi connectivity index (χ2n) is 5.09. The molecular formula is C16H14BrF3N2O. The summed E-state index contributed by atoms with van der Waals surface area (Å²) in [6.45, 7) is 0. The molecule has 0 bridgehead atoms. The Morgan fingerprint density at radius 2 is 1.83 bits per heavy atom. The van der Waals surface area contributed by atoms with E-state index in [0.717, 1.165) is 11.8 Å². The number of benzene rings is 2. The molecule has 0 aliphatic carbocycles. The molecule has 2 rings (SSSR count). The van der Waals surface area contributed by atoms with E-state index in [1.165, 1.54) is 12.1 Å². The molecule has 0 spiro atoms. The number of hydrogen-bond donors (Lipinski definition) is 1. The molecule has 2 aromatic carbocycles. The van der Waals surface area contributed by atoms with Gasteiger partial charge in [0.05, 0.1) is 5.56 Å². The molecule has 0 heterocycles. The largest absolute Gasteiger partial charge is 0.417 e.